The standard InChI is InChI=1S/C15H12ClN3O4S/c1-8-6-11-12(18-15(21)14(20)17-11)7-13(8)24(22,23)19-10-4-2-9(16)3-5-10/h2-7,19H,1H3,(H,17,20)(H,18,21). The van der Waals surface area contributed by atoms with E-state index in [-0.39, 0.29) is 10.4 Å². The van der Waals surface area contributed by atoms with Gasteiger partial charge in [0.25, 0.3) is 10.0 Å². The van der Waals surface area contributed by atoms with E-state index in [0.717, 1.165) is 0 Å². The van der Waals surface area contributed by atoms with E-state index < -0.39 is 21.1 Å². The van der Waals surface area contributed by atoms with Gasteiger partial charge in [0.2, 0.25) is 0 Å². The minimum Gasteiger partial charge on any atom is -0.316 e. The maximum Gasteiger partial charge on any atom is 0.314 e. The highest BCUT2D eigenvalue weighted by Crippen LogP contribution is 2.23. The number of hydrogen-bond donors (Lipinski definition) is 3. The molecule has 9 heteroatoms. The number of aromatic nitrogens is 2. The zero-order valence-electron chi connectivity index (χ0n) is 12.4. The minimum atomic E-state index is -3.88. The summed E-state index contributed by atoms with van der Waals surface area (Å²) in [5, 5.41) is 0.487. The molecule has 0 fully saturated rings. The molecule has 0 amide bonds. The Hall–Kier alpha value is -2.58. The fourth-order valence-electron chi connectivity index (χ4n) is 2.27. The number of fused-ring (bicyclic) bond motifs is 1. The van der Waals surface area contributed by atoms with Crippen molar-refractivity contribution >= 4 is 38.3 Å². The van der Waals surface area contributed by atoms with Crippen LogP contribution < -0.4 is 15.8 Å². The molecule has 3 rings (SSSR count). The summed E-state index contributed by atoms with van der Waals surface area (Å²) in [6, 6.07) is 9.00. The summed E-state index contributed by atoms with van der Waals surface area (Å²) in [6.07, 6.45) is 0. The molecule has 0 unspecified atom stereocenters. The Labute approximate surface area is 141 Å². The lowest BCUT2D eigenvalue weighted by molar-refractivity contribution is 0.600. The fourth-order valence-corrected chi connectivity index (χ4v) is 3.71. The van der Waals surface area contributed by atoms with Crippen LogP contribution in [0.1, 0.15) is 5.56 Å². The van der Waals surface area contributed by atoms with Crippen LogP contribution in [0.4, 0.5) is 5.69 Å². The highest BCUT2D eigenvalue weighted by Gasteiger charge is 2.18. The van der Waals surface area contributed by atoms with Crippen LogP contribution in [0.25, 0.3) is 11.0 Å². The first-order chi connectivity index (χ1) is 11.3. The molecule has 0 radical (unpaired) electrons. The van der Waals surface area contributed by atoms with E-state index in [4.69, 9.17) is 11.6 Å². The third-order valence-corrected chi connectivity index (χ3v) is 5.18. The average Bonchev–Trinajstić information content (AvgIpc) is 2.50. The van der Waals surface area contributed by atoms with Crippen molar-refractivity contribution in [2.45, 2.75) is 11.8 Å². The van der Waals surface area contributed by atoms with Gasteiger partial charge in [0.05, 0.1) is 15.9 Å². The Morgan fingerprint density at radius 2 is 1.50 bits per heavy atom. The van der Waals surface area contributed by atoms with Gasteiger partial charge in [-0.05, 0) is 48.9 Å². The molecule has 1 aromatic heterocycles. The quantitative estimate of drug-likeness (QED) is 0.616. The lowest BCUT2D eigenvalue weighted by Crippen LogP contribution is -2.29. The molecule has 124 valence electrons. The van der Waals surface area contributed by atoms with Crippen molar-refractivity contribution in [3.8, 4) is 0 Å². The Morgan fingerprint density at radius 3 is 2.08 bits per heavy atom. The van der Waals surface area contributed by atoms with Crippen molar-refractivity contribution in [2.75, 3.05) is 4.72 Å². The van der Waals surface area contributed by atoms with Crippen LogP contribution in [0.2, 0.25) is 5.02 Å². The molecular weight excluding hydrogens is 354 g/mol. The third-order valence-electron chi connectivity index (χ3n) is 3.40. The molecule has 3 aromatic rings. The zero-order chi connectivity index (χ0) is 17.5. The fraction of sp³-hybridized carbons (Fsp3) is 0.0667. The van der Waals surface area contributed by atoms with Gasteiger partial charge in [0.15, 0.2) is 0 Å². The summed E-state index contributed by atoms with van der Waals surface area (Å²) >= 11 is 5.78. The third kappa shape index (κ3) is 3.06. The van der Waals surface area contributed by atoms with Crippen molar-refractivity contribution < 1.29 is 8.42 Å². The van der Waals surface area contributed by atoms with Crippen LogP contribution in [-0.2, 0) is 10.0 Å². The zero-order valence-corrected chi connectivity index (χ0v) is 14.0. The highest BCUT2D eigenvalue weighted by atomic mass is 35.5. The number of hydrogen-bond acceptors (Lipinski definition) is 4. The first-order valence-electron chi connectivity index (χ1n) is 6.81. The highest BCUT2D eigenvalue weighted by molar-refractivity contribution is 7.92. The van der Waals surface area contributed by atoms with Gasteiger partial charge in [-0.1, -0.05) is 11.6 Å². The van der Waals surface area contributed by atoms with E-state index in [0.29, 0.717) is 21.8 Å². The SMILES string of the molecule is Cc1cc2[nH]c(=O)c(=O)[nH]c2cc1S(=O)(=O)Nc1ccc(Cl)cc1. The summed E-state index contributed by atoms with van der Waals surface area (Å²) in [5.41, 5.74) is -0.290. The first kappa shape index (κ1) is 16.3. The van der Waals surface area contributed by atoms with E-state index in [9.17, 15) is 18.0 Å². The van der Waals surface area contributed by atoms with Crippen LogP contribution in [-0.4, -0.2) is 18.4 Å². The Morgan fingerprint density at radius 1 is 0.958 bits per heavy atom. The van der Waals surface area contributed by atoms with Crippen molar-refractivity contribution in [3.63, 3.8) is 0 Å². The van der Waals surface area contributed by atoms with Crippen LogP contribution in [0.15, 0.2) is 50.9 Å². The predicted molar refractivity (Wildman–Crippen MR) is 92.2 cm³/mol. The molecule has 0 aliphatic rings. The summed E-state index contributed by atoms with van der Waals surface area (Å²) in [5.74, 6) is 0. The number of nitrogens with one attached hydrogen (secondary N) is 3. The van der Waals surface area contributed by atoms with Gasteiger partial charge in [-0.2, -0.15) is 0 Å². The van der Waals surface area contributed by atoms with Crippen LogP contribution in [0.3, 0.4) is 0 Å². The van der Waals surface area contributed by atoms with Crippen molar-refractivity contribution in [1.29, 1.82) is 0 Å². The van der Waals surface area contributed by atoms with Gasteiger partial charge in [0, 0.05) is 10.7 Å². The molecule has 0 aliphatic heterocycles. The molecule has 7 nitrogen and oxygen atoms in total. The summed E-state index contributed by atoms with van der Waals surface area (Å²) < 4.78 is 27.6. The molecule has 0 spiro atoms. The normalized spacial score (nSPS) is 11.6. The second-order valence-corrected chi connectivity index (χ2v) is 7.27. The Balaban J connectivity index is 2.11. The van der Waals surface area contributed by atoms with Gasteiger partial charge < -0.3 is 9.97 Å². The van der Waals surface area contributed by atoms with Crippen molar-refractivity contribution in [3.05, 3.63) is 67.7 Å². The smallest absolute Gasteiger partial charge is 0.314 e. The number of aryl methyl sites for hydroxylation is 1. The van der Waals surface area contributed by atoms with Gasteiger partial charge in [0.1, 0.15) is 0 Å². The second-order valence-electron chi connectivity index (χ2n) is 5.18. The number of aromatic amines is 2. The van der Waals surface area contributed by atoms with Crippen molar-refractivity contribution in [1.82, 2.24) is 9.97 Å². The van der Waals surface area contributed by atoms with Gasteiger partial charge in [-0.3, -0.25) is 14.3 Å². The number of H-pyrrole nitrogens is 2. The van der Waals surface area contributed by atoms with Crippen molar-refractivity contribution in [2.24, 2.45) is 0 Å². The summed E-state index contributed by atoms with van der Waals surface area (Å²) in [6.45, 7) is 1.60. The number of rotatable bonds is 3. The van der Waals surface area contributed by atoms with E-state index in [1.807, 2.05) is 0 Å². The number of benzene rings is 2. The average molecular weight is 366 g/mol. The molecule has 0 aliphatic carbocycles. The van der Waals surface area contributed by atoms with E-state index in [1.54, 1.807) is 19.1 Å². The molecule has 0 saturated carbocycles. The lowest BCUT2D eigenvalue weighted by Gasteiger charge is -2.11. The van der Waals surface area contributed by atoms with Crippen LogP contribution in [0, 0.1) is 6.92 Å². The summed E-state index contributed by atoms with van der Waals surface area (Å²) in [4.78, 5) is 27.5. The number of sulfonamides is 1. The molecule has 1 heterocycles. The molecule has 3 N–H and O–H groups in total. The maximum absolute atomic E-state index is 12.6. The molecular formula is C15H12ClN3O4S. The van der Waals surface area contributed by atoms with Gasteiger partial charge in [-0.15, -0.1) is 0 Å². The molecule has 0 bridgehead atoms. The van der Waals surface area contributed by atoms with Gasteiger partial charge >= 0.3 is 11.1 Å². The Kier molecular flexibility index (Phi) is 3.94. The maximum atomic E-state index is 12.6. The number of halogens is 1. The number of anilines is 1. The second kappa shape index (κ2) is 5.81. The monoisotopic (exact) mass is 365 g/mol. The van der Waals surface area contributed by atoms with Crippen LogP contribution >= 0.6 is 11.6 Å². The molecule has 0 atom stereocenters. The molecule has 2 aromatic carbocycles. The van der Waals surface area contributed by atoms with E-state index >= 15 is 0 Å². The van der Waals surface area contributed by atoms with E-state index in [2.05, 4.69) is 14.7 Å². The summed E-state index contributed by atoms with van der Waals surface area (Å²) in [7, 11) is -3.88. The predicted octanol–water partition coefficient (Wildman–Crippen LogP) is 1.98. The Bertz CT molecular complexity index is 1150. The van der Waals surface area contributed by atoms with E-state index in [1.165, 1.54) is 24.3 Å². The molecule has 24 heavy (non-hydrogen) atoms. The first-order valence-corrected chi connectivity index (χ1v) is 8.68. The minimum absolute atomic E-state index is 0.00681. The molecule has 0 saturated heterocycles. The van der Waals surface area contributed by atoms with Crippen LogP contribution in [0.5, 0.6) is 0 Å². The lowest BCUT2D eigenvalue weighted by atomic mass is 10.2. The topological polar surface area (TPSA) is 112 Å². The largest absolute Gasteiger partial charge is 0.316 e. The van der Waals surface area contributed by atoms with Gasteiger partial charge in [-0.25, -0.2) is 8.42 Å².